The molecule has 0 spiro atoms. The van der Waals surface area contributed by atoms with E-state index in [1.54, 1.807) is 29.0 Å². The van der Waals surface area contributed by atoms with E-state index >= 15 is 0 Å². The quantitative estimate of drug-likeness (QED) is 0.529. The topological polar surface area (TPSA) is 73.3 Å². The van der Waals surface area contributed by atoms with Gasteiger partial charge < -0.3 is 20.1 Å². The first-order valence-electron chi connectivity index (χ1n) is 8.89. The highest BCUT2D eigenvalue weighted by Crippen LogP contribution is 2.40. The number of hydrogen-bond donors (Lipinski definition) is 2. The van der Waals surface area contributed by atoms with Crippen molar-refractivity contribution in [3.63, 3.8) is 0 Å². The van der Waals surface area contributed by atoms with Crippen molar-refractivity contribution in [3.8, 4) is 22.8 Å². The Labute approximate surface area is 160 Å². The molecule has 0 radical (unpaired) electrons. The van der Waals surface area contributed by atoms with Gasteiger partial charge in [-0.25, -0.2) is 13.8 Å². The fraction of sp³-hybridized carbons (Fsp3) is 0.190. The van der Waals surface area contributed by atoms with Crippen molar-refractivity contribution in [1.82, 2.24) is 9.55 Å². The fourth-order valence-corrected chi connectivity index (χ4v) is 3.53. The number of pyridine rings is 1. The van der Waals surface area contributed by atoms with Crippen molar-refractivity contribution < 1.29 is 18.6 Å². The number of fused-ring (bicyclic) bond motifs is 2. The van der Waals surface area contributed by atoms with Gasteiger partial charge in [0.25, 0.3) is 0 Å². The minimum atomic E-state index is -0.670. The summed E-state index contributed by atoms with van der Waals surface area (Å²) in [5, 5.41) is 11.5. The molecule has 7 heteroatoms. The third-order valence-corrected chi connectivity index (χ3v) is 4.85. The predicted octanol–water partition coefficient (Wildman–Crippen LogP) is 4.84. The third kappa shape index (κ3) is 2.62. The van der Waals surface area contributed by atoms with Gasteiger partial charge in [0.05, 0.1) is 29.2 Å². The minimum absolute atomic E-state index is 0.0517. The van der Waals surface area contributed by atoms with E-state index in [-0.39, 0.29) is 17.2 Å². The standard InChI is InChI=1S/C21H19F2N3O2/c1-3-7-26-10-16-18(21(26)27)19(24)12-6-4-5-11(20(12)25-16)13-8-15(23)17(28-2)9-14(13)22/h4-6,8-10,27H,3,7,24H2,1-2H3. The minimum Gasteiger partial charge on any atom is -0.494 e. The molecule has 28 heavy (non-hydrogen) atoms. The van der Waals surface area contributed by atoms with E-state index in [1.807, 2.05) is 6.92 Å². The molecule has 5 nitrogen and oxygen atoms in total. The number of aromatic nitrogens is 2. The number of rotatable bonds is 4. The number of aryl methyl sites for hydroxylation is 1. The van der Waals surface area contributed by atoms with Gasteiger partial charge in [0.1, 0.15) is 5.82 Å². The summed E-state index contributed by atoms with van der Waals surface area (Å²) < 4.78 is 35.4. The Balaban J connectivity index is 2.04. The SMILES string of the molecule is CCCn1cc2nc3c(-c4cc(F)c(OC)cc4F)cccc3c(N)c2c1O. The first-order valence-corrected chi connectivity index (χ1v) is 8.89. The van der Waals surface area contributed by atoms with Gasteiger partial charge in [-0.15, -0.1) is 0 Å². The first kappa shape index (κ1) is 18.0. The molecule has 0 unspecified atom stereocenters. The highest BCUT2D eigenvalue weighted by Gasteiger charge is 2.19. The second-order valence-electron chi connectivity index (χ2n) is 6.60. The second kappa shape index (κ2) is 6.67. The van der Waals surface area contributed by atoms with Gasteiger partial charge in [-0.05, 0) is 12.5 Å². The molecule has 0 atom stereocenters. The molecule has 2 heterocycles. The number of nitrogens with two attached hydrogens (primary N) is 1. The summed E-state index contributed by atoms with van der Waals surface area (Å²) in [6, 6.07) is 7.20. The Bertz CT molecular complexity index is 1220. The van der Waals surface area contributed by atoms with Crippen LogP contribution in [0.15, 0.2) is 36.5 Å². The maximum Gasteiger partial charge on any atom is 0.202 e. The molecule has 0 saturated carbocycles. The highest BCUT2D eigenvalue weighted by atomic mass is 19.1. The lowest BCUT2D eigenvalue weighted by atomic mass is 9.99. The third-order valence-electron chi connectivity index (χ3n) is 4.85. The van der Waals surface area contributed by atoms with Gasteiger partial charge in [-0.2, -0.15) is 0 Å². The van der Waals surface area contributed by atoms with Gasteiger partial charge in [0.15, 0.2) is 11.6 Å². The molecule has 0 aliphatic heterocycles. The first-order chi connectivity index (χ1) is 13.5. The van der Waals surface area contributed by atoms with Gasteiger partial charge in [0, 0.05) is 35.3 Å². The average Bonchev–Trinajstić information content (AvgIpc) is 2.99. The molecule has 0 aliphatic carbocycles. The highest BCUT2D eigenvalue weighted by molar-refractivity contribution is 6.12. The molecule has 144 valence electrons. The van der Waals surface area contributed by atoms with E-state index in [9.17, 15) is 13.9 Å². The fourth-order valence-electron chi connectivity index (χ4n) is 3.53. The van der Waals surface area contributed by atoms with Crippen LogP contribution in [0.2, 0.25) is 0 Å². The van der Waals surface area contributed by atoms with Crippen LogP contribution in [-0.2, 0) is 6.54 Å². The number of methoxy groups -OCH3 is 1. The van der Waals surface area contributed by atoms with Crippen molar-refractivity contribution in [2.24, 2.45) is 0 Å². The van der Waals surface area contributed by atoms with Crippen molar-refractivity contribution in [3.05, 3.63) is 48.2 Å². The number of aromatic hydroxyl groups is 1. The Kier molecular flexibility index (Phi) is 4.30. The lowest BCUT2D eigenvalue weighted by Gasteiger charge is -2.11. The number of ether oxygens (including phenoxy) is 1. The molecule has 4 rings (SSSR count). The van der Waals surface area contributed by atoms with Crippen molar-refractivity contribution in [1.29, 1.82) is 0 Å². The molecular formula is C21H19F2N3O2. The monoisotopic (exact) mass is 383 g/mol. The Morgan fingerprint density at radius 1 is 1.18 bits per heavy atom. The molecule has 2 aromatic heterocycles. The maximum atomic E-state index is 14.7. The van der Waals surface area contributed by atoms with E-state index in [1.165, 1.54) is 7.11 Å². The van der Waals surface area contributed by atoms with E-state index in [0.29, 0.717) is 39.6 Å². The summed E-state index contributed by atoms with van der Waals surface area (Å²) in [5.74, 6) is -1.41. The average molecular weight is 383 g/mol. The largest absolute Gasteiger partial charge is 0.494 e. The lowest BCUT2D eigenvalue weighted by molar-refractivity contribution is 0.383. The van der Waals surface area contributed by atoms with Gasteiger partial charge in [0.2, 0.25) is 5.88 Å². The number of para-hydroxylation sites is 1. The van der Waals surface area contributed by atoms with E-state index < -0.39 is 11.6 Å². The van der Waals surface area contributed by atoms with Crippen LogP contribution in [-0.4, -0.2) is 21.8 Å². The maximum absolute atomic E-state index is 14.7. The van der Waals surface area contributed by atoms with Gasteiger partial charge in [-0.1, -0.05) is 25.1 Å². The van der Waals surface area contributed by atoms with Crippen LogP contribution >= 0.6 is 0 Å². The van der Waals surface area contributed by atoms with Crippen molar-refractivity contribution in [2.75, 3.05) is 12.8 Å². The zero-order valence-electron chi connectivity index (χ0n) is 15.5. The summed E-state index contributed by atoms with van der Waals surface area (Å²) in [4.78, 5) is 4.61. The van der Waals surface area contributed by atoms with Crippen LogP contribution in [0, 0.1) is 11.6 Å². The molecule has 3 N–H and O–H groups in total. The Morgan fingerprint density at radius 3 is 2.68 bits per heavy atom. The summed E-state index contributed by atoms with van der Waals surface area (Å²) in [6.07, 6.45) is 2.54. The molecule has 2 aromatic carbocycles. The summed E-state index contributed by atoms with van der Waals surface area (Å²) in [5.41, 5.74) is 8.08. The molecule has 0 fully saturated rings. The number of anilines is 1. The number of halogens is 2. The Morgan fingerprint density at radius 2 is 1.96 bits per heavy atom. The number of nitrogens with zero attached hydrogens (tertiary/aromatic N) is 2. The molecular weight excluding hydrogens is 364 g/mol. The van der Waals surface area contributed by atoms with Crippen LogP contribution in [0.25, 0.3) is 32.9 Å². The summed E-state index contributed by atoms with van der Waals surface area (Å²) in [7, 11) is 1.28. The lowest BCUT2D eigenvalue weighted by Crippen LogP contribution is -1.96. The number of nitrogen functional groups attached to an aromatic ring is 1. The molecule has 4 aromatic rings. The summed E-state index contributed by atoms with van der Waals surface area (Å²) in [6.45, 7) is 2.61. The number of hydrogen-bond acceptors (Lipinski definition) is 4. The van der Waals surface area contributed by atoms with Gasteiger partial charge in [-0.3, -0.25) is 0 Å². The van der Waals surface area contributed by atoms with Crippen LogP contribution in [0.4, 0.5) is 14.5 Å². The van der Waals surface area contributed by atoms with Crippen LogP contribution in [0.5, 0.6) is 11.6 Å². The van der Waals surface area contributed by atoms with E-state index in [2.05, 4.69) is 4.98 Å². The molecule has 0 aliphatic rings. The zero-order valence-corrected chi connectivity index (χ0v) is 15.5. The van der Waals surface area contributed by atoms with E-state index in [0.717, 1.165) is 18.6 Å². The number of benzene rings is 2. The molecule has 0 bridgehead atoms. The van der Waals surface area contributed by atoms with E-state index in [4.69, 9.17) is 10.5 Å². The van der Waals surface area contributed by atoms with Crippen LogP contribution in [0.3, 0.4) is 0 Å². The smallest absolute Gasteiger partial charge is 0.202 e. The predicted molar refractivity (Wildman–Crippen MR) is 106 cm³/mol. The van der Waals surface area contributed by atoms with Crippen LogP contribution in [0.1, 0.15) is 13.3 Å². The second-order valence-corrected chi connectivity index (χ2v) is 6.60. The summed E-state index contributed by atoms with van der Waals surface area (Å²) >= 11 is 0. The normalized spacial score (nSPS) is 11.4. The Hall–Kier alpha value is -3.35. The van der Waals surface area contributed by atoms with Crippen molar-refractivity contribution in [2.45, 2.75) is 19.9 Å². The molecule has 0 saturated heterocycles. The zero-order chi connectivity index (χ0) is 20.0. The molecule has 0 amide bonds. The van der Waals surface area contributed by atoms with Crippen molar-refractivity contribution >= 4 is 27.5 Å². The van der Waals surface area contributed by atoms with Crippen LogP contribution < -0.4 is 10.5 Å². The van der Waals surface area contributed by atoms with Gasteiger partial charge >= 0.3 is 0 Å².